The van der Waals surface area contributed by atoms with Gasteiger partial charge in [-0.25, -0.2) is 8.78 Å². The smallest absolute Gasteiger partial charge is 0.272 e. The number of aryl methyl sites for hydroxylation is 1. The topological polar surface area (TPSA) is 33.0 Å². The van der Waals surface area contributed by atoms with Crippen LogP contribution in [0.25, 0.3) is 0 Å². The van der Waals surface area contributed by atoms with E-state index < -0.39 is 13.0 Å². The molecule has 14 heavy (non-hydrogen) atoms. The average molecular weight is 197 g/mol. The summed E-state index contributed by atoms with van der Waals surface area (Å²) in [4.78, 5) is 0. The van der Waals surface area contributed by atoms with Crippen LogP contribution in [-0.2, 0) is 0 Å². The minimum atomic E-state index is -2.53. The molecule has 1 aromatic carbocycles. The number of hydrogen-bond donors (Lipinski definition) is 0. The fourth-order valence-corrected chi connectivity index (χ4v) is 1.08. The second-order valence-corrected chi connectivity index (χ2v) is 2.77. The Balaban J connectivity index is 2.89. The SMILES string of the molecule is Cc1cccc(C#N)c1OCC(F)F. The molecular formula is C10H9F2NO. The summed E-state index contributed by atoms with van der Waals surface area (Å²) in [6.07, 6.45) is -2.53. The van der Waals surface area contributed by atoms with E-state index in [2.05, 4.69) is 0 Å². The third kappa shape index (κ3) is 2.43. The zero-order valence-electron chi connectivity index (χ0n) is 7.63. The van der Waals surface area contributed by atoms with Crippen LogP contribution in [0.4, 0.5) is 8.78 Å². The Kier molecular flexibility index (Phi) is 3.41. The van der Waals surface area contributed by atoms with Crippen LogP contribution in [0.15, 0.2) is 18.2 Å². The highest BCUT2D eigenvalue weighted by Crippen LogP contribution is 2.22. The van der Waals surface area contributed by atoms with Crippen LogP contribution in [0.2, 0.25) is 0 Å². The molecule has 1 rings (SSSR count). The van der Waals surface area contributed by atoms with Crippen molar-refractivity contribution in [3.8, 4) is 11.8 Å². The quantitative estimate of drug-likeness (QED) is 0.745. The molecule has 0 spiro atoms. The molecular weight excluding hydrogens is 188 g/mol. The van der Waals surface area contributed by atoms with E-state index in [9.17, 15) is 8.78 Å². The van der Waals surface area contributed by atoms with Gasteiger partial charge in [-0.05, 0) is 18.6 Å². The number of ether oxygens (including phenoxy) is 1. The van der Waals surface area contributed by atoms with Gasteiger partial charge in [0.2, 0.25) is 0 Å². The molecule has 0 aliphatic rings. The number of hydrogen-bond acceptors (Lipinski definition) is 2. The highest BCUT2D eigenvalue weighted by molar-refractivity contribution is 5.47. The van der Waals surface area contributed by atoms with Crippen LogP contribution in [0.1, 0.15) is 11.1 Å². The Morgan fingerprint density at radius 2 is 2.21 bits per heavy atom. The molecule has 0 radical (unpaired) electrons. The third-order valence-corrected chi connectivity index (χ3v) is 1.69. The average Bonchev–Trinajstić information content (AvgIpc) is 2.15. The summed E-state index contributed by atoms with van der Waals surface area (Å²) in [6, 6.07) is 6.82. The predicted octanol–water partition coefficient (Wildman–Crippen LogP) is 2.51. The molecule has 0 aromatic heterocycles. The Morgan fingerprint density at radius 1 is 1.50 bits per heavy atom. The van der Waals surface area contributed by atoms with Crippen molar-refractivity contribution >= 4 is 0 Å². The summed E-state index contributed by atoms with van der Waals surface area (Å²) in [5.41, 5.74) is 0.968. The summed E-state index contributed by atoms with van der Waals surface area (Å²) >= 11 is 0. The minimum Gasteiger partial charge on any atom is -0.486 e. The molecule has 4 heteroatoms. The lowest BCUT2D eigenvalue weighted by Crippen LogP contribution is -2.08. The van der Waals surface area contributed by atoms with Crippen LogP contribution in [0.5, 0.6) is 5.75 Å². The molecule has 0 unspecified atom stereocenters. The Bertz CT molecular complexity index is 358. The first kappa shape index (κ1) is 10.5. The van der Waals surface area contributed by atoms with Crippen molar-refractivity contribution in [3.05, 3.63) is 29.3 Å². The van der Waals surface area contributed by atoms with Gasteiger partial charge in [0.25, 0.3) is 6.43 Å². The van der Waals surface area contributed by atoms with E-state index in [1.165, 1.54) is 6.07 Å². The van der Waals surface area contributed by atoms with Crippen molar-refractivity contribution in [2.45, 2.75) is 13.3 Å². The molecule has 0 aliphatic carbocycles. The van der Waals surface area contributed by atoms with Crippen molar-refractivity contribution in [1.29, 1.82) is 5.26 Å². The fraction of sp³-hybridized carbons (Fsp3) is 0.300. The van der Waals surface area contributed by atoms with Crippen LogP contribution < -0.4 is 4.74 Å². The standard InChI is InChI=1S/C10H9F2NO/c1-7-3-2-4-8(5-13)10(7)14-6-9(11)12/h2-4,9H,6H2,1H3. The number of halogens is 2. The lowest BCUT2D eigenvalue weighted by molar-refractivity contribution is 0.0814. The molecule has 0 bridgehead atoms. The molecule has 74 valence electrons. The summed E-state index contributed by atoms with van der Waals surface area (Å²) in [5, 5.41) is 8.69. The van der Waals surface area contributed by atoms with Crippen LogP contribution in [0, 0.1) is 18.3 Å². The second-order valence-electron chi connectivity index (χ2n) is 2.77. The number of nitriles is 1. The van der Waals surface area contributed by atoms with Gasteiger partial charge < -0.3 is 4.74 Å². The van der Waals surface area contributed by atoms with Gasteiger partial charge in [0, 0.05) is 0 Å². The maximum atomic E-state index is 11.9. The number of alkyl halides is 2. The van der Waals surface area contributed by atoms with Crippen LogP contribution in [-0.4, -0.2) is 13.0 Å². The molecule has 0 amide bonds. The van der Waals surface area contributed by atoms with Gasteiger partial charge in [-0.2, -0.15) is 5.26 Å². The van der Waals surface area contributed by atoms with Crippen molar-refractivity contribution < 1.29 is 13.5 Å². The number of benzene rings is 1. The summed E-state index contributed by atoms with van der Waals surface area (Å²) in [6.45, 7) is 1.03. The largest absolute Gasteiger partial charge is 0.486 e. The normalized spacial score (nSPS) is 9.93. The maximum absolute atomic E-state index is 11.9. The van der Waals surface area contributed by atoms with Gasteiger partial charge in [-0.3, -0.25) is 0 Å². The van der Waals surface area contributed by atoms with E-state index in [4.69, 9.17) is 10.00 Å². The minimum absolute atomic E-state index is 0.246. The number of rotatable bonds is 3. The molecule has 0 N–H and O–H groups in total. The highest BCUT2D eigenvalue weighted by Gasteiger charge is 2.09. The van der Waals surface area contributed by atoms with E-state index in [-0.39, 0.29) is 11.3 Å². The molecule has 0 saturated heterocycles. The van der Waals surface area contributed by atoms with Gasteiger partial charge in [0.05, 0.1) is 5.56 Å². The van der Waals surface area contributed by atoms with Gasteiger partial charge in [-0.15, -0.1) is 0 Å². The molecule has 0 atom stereocenters. The number of para-hydroxylation sites is 1. The van der Waals surface area contributed by atoms with E-state index in [1.54, 1.807) is 19.1 Å². The molecule has 0 heterocycles. The summed E-state index contributed by atoms with van der Waals surface area (Å²) < 4.78 is 28.6. The zero-order valence-corrected chi connectivity index (χ0v) is 7.63. The highest BCUT2D eigenvalue weighted by atomic mass is 19.3. The second kappa shape index (κ2) is 4.56. The van der Waals surface area contributed by atoms with Crippen molar-refractivity contribution in [1.82, 2.24) is 0 Å². The van der Waals surface area contributed by atoms with Crippen LogP contribution >= 0.6 is 0 Å². The van der Waals surface area contributed by atoms with Crippen molar-refractivity contribution in [2.24, 2.45) is 0 Å². The van der Waals surface area contributed by atoms with Crippen molar-refractivity contribution in [2.75, 3.05) is 6.61 Å². The maximum Gasteiger partial charge on any atom is 0.272 e. The van der Waals surface area contributed by atoms with Gasteiger partial charge in [-0.1, -0.05) is 12.1 Å². The van der Waals surface area contributed by atoms with E-state index in [0.29, 0.717) is 5.56 Å². The first-order valence-corrected chi connectivity index (χ1v) is 4.06. The van der Waals surface area contributed by atoms with Gasteiger partial charge >= 0.3 is 0 Å². The van der Waals surface area contributed by atoms with E-state index in [0.717, 1.165) is 0 Å². The predicted molar refractivity (Wildman–Crippen MR) is 47.4 cm³/mol. The Labute approximate surface area is 80.7 Å². The fourth-order valence-electron chi connectivity index (χ4n) is 1.08. The lowest BCUT2D eigenvalue weighted by Gasteiger charge is -2.09. The Morgan fingerprint density at radius 3 is 2.79 bits per heavy atom. The molecule has 1 aromatic rings. The van der Waals surface area contributed by atoms with E-state index >= 15 is 0 Å². The van der Waals surface area contributed by atoms with Gasteiger partial charge in [0.1, 0.15) is 18.4 Å². The zero-order chi connectivity index (χ0) is 10.6. The first-order valence-electron chi connectivity index (χ1n) is 4.06. The van der Waals surface area contributed by atoms with Crippen LogP contribution in [0.3, 0.4) is 0 Å². The first-order chi connectivity index (χ1) is 6.65. The molecule has 0 aliphatic heterocycles. The Hall–Kier alpha value is -1.63. The molecule has 0 saturated carbocycles. The van der Waals surface area contributed by atoms with Crippen molar-refractivity contribution in [3.63, 3.8) is 0 Å². The summed E-state index contributed by atoms with van der Waals surface area (Å²) in [7, 11) is 0. The van der Waals surface area contributed by atoms with Gasteiger partial charge in [0.15, 0.2) is 0 Å². The number of nitrogens with zero attached hydrogens (tertiary/aromatic N) is 1. The monoisotopic (exact) mass is 197 g/mol. The molecule has 0 fully saturated rings. The molecule has 2 nitrogen and oxygen atoms in total. The summed E-state index contributed by atoms with van der Waals surface area (Å²) in [5.74, 6) is 0.246. The third-order valence-electron chi connectivity index (χ3n) is 1.69. The lowest BCUT2D eigenvalue weighted by atomic mass is 10.1. The van der Waals surface area contributed by atoms with E-state index in [1.807, 2.05) is 6.07 Å².